The van der Waals surface area contributed by atoms with E-state index < -0.39 is 8.07 Å². The van der Waals surface area contributed by atoms with Crippen LogP contribution in [0.15, 0.2) is 173 Å². The minimum absolute atomic E-state index is 0.441. The Morgan fingerprint density at radius 2 is 1.13 bits per heavy atom. The second-order valence-corrected chi connectivity index (χ2v) is 16.3. The van der Waals surface area contributed by atoms with Gasteiger partial charge in [0.05, 0.1) is 11.0 Å². The predicted molar refractivity (Wildman–Crippen MR) is 197 cm³/mol. The van der Waals surface area contributed by atoms with Gasteiger partial charge in [0.1, 0.15) is 11.2 Å². The quantitative estimate of drug-likeness (QED) is 0.141. The Morgan fingerprint density at radius 1 is 0.565 bits per heavy atom. The molecule has 2 aromatic heterocycles. The van der Waals surface area contributed by atoms with E-state index in [1.807, 2.05) is 0 Å². The largest absolute Gasteiger partial charge is 0.456 e. The van der Waals surface area contributed by atoms with Gasteiger partial charge in [0.15, 0.2) is 8.07 Å². The molecular formula is C43H33NOSi. The zero-order valence-electron chi connectivity index (χ0n) is 25.7. The number of aromatic nitrogens is 1. The topological polar surface area (TPSA) is 18.1 Å². The van der Waals surface area contributed by atoms with Crippen molar-refractivity contribution in [1.29, 1.82) is 0 Å². The van der Waals surface area contributed by atoms with Gasteiger partial charge in [-0.3, -0.25) is 0 Å². The Hall–Kier alpha value is -5.38. The molecule has 0 fully saturated rings. The van der Waals surface area contributed by atoms with E-state index in [2.05, 4.69) is 175 Å². The first-order chi connectivity index (χ1) is 22.7. The van der Waals surface area contributed by atoms with Gasteiger partial charge in [-0.15, -0.1) is 0 Å². The normalized spacial score (nSPS) is 15.2. The van der Waals surface area contributed by atoms with Crippen molar-refractivity contribution >= 4 is 67.4 Å². The van der Waals surface area contributed by atoms with Crippen molar-refractivity contribution in [3.8, 4) is 5.69 Å². The summed E-state index contributed by atoms with van der Waals surface area (Å²) in [5.74, 6) is 0.441. The van der Waals surface area contributed by atoms with Crippen LogP contribution in [-0.2, 0) is 0 Å². The molecule has 1 aliphatic rings. The zero-order valence-corrected chi connectivity index (χ0v) is 26.7. The summed E-state index contributed by atoms with van der Waals surface area (Å²) in [6.07, 6.45) is 8.05. The van der Waals surface area contributed by atoms with Crippen molar-refractivity contribution in [2.24, 2.45) is 5.92 Å². The lowest BCUT2D eigenvalue weighted by molar-refractivity contribution is 0.669. The molecule has 0 radical (unpaired) electrons. The van der Waals surface area contributed by atoms with Crippen molar-refractivity contribution < 1.29 is 4.42 Å². The van der Waals surface area contributed by atoms with Gasteiger partial charge in [-0.2, -0.15) is 0 Å². The monoisotopic (exact) mass is 607 g/mol. The van der Waals surface area contributed by atoms with E-state index in [1.54, 1.807) is 5.20 Å². The molecule has 8 aromatic rings. The first kappa shape index (κ1) is 27.0. The van der Waals surface area contributed by atoms with E-state index in [9.17, 15) is 0 Å². The third-order valence-electron chi connectivity index (χ3n) is 10.0. The first-order valence-corrected chi connectivity index (χ1v) is 18.2. The Bertz CT molecular complexity index is 2370. The zero-order chi connectivity index (χ0) is 30.7. The number of rotatable bonds is 5. The lowest BCUT2D eigenvalue weighted by Crippen LogP contribution is -2.69. The van der Waals surface area contributed by atoms with E-state index in [1.165, 1.54) is 42.8 Å². The maximum Gasteiger partial charge on any atom is 0.175 e. The Balaban J connectivity index is 1.34. The summed E-state index contributed by atoms with van der Waals surface area (Å²) in [5, 5.41) is 10.6. The van der Waals surface area contributed by atoms with Crippen LogP contribution < -0.4 is 15.6 Å². The standard InChI is InChI=1S/C43H33NOSi/c1-30-14-8-13-23-43(30)46(32-15-4-2-5-16-32,33-17-6-3-7-18-33)34-25-27-42-38(29-34)37-28-31(24-26-41(37)45-42)44-39-21-11-9-19-35(39)36-20-10-12-22-40(36)44/h2-13,15-30H,14H2,1H3. The number of benzene rings is 6. The van der Waals surface area contributed by atoms with Gasteiger partial charge in [0, 0.05) is 27.2 Å². The highest BCUT2D eigenvalue weighted by molar-refractivity contribution is 7.16. The molecule has 0 saturated heterocycles. The molecule has 1 unspecified atom stereocenters. The Morgan fingerprint density at radius 3 is 1.76 bits per heavy atom. The molecule has 0 aliphatic heterocycles. The second-order valence-electron chi connectivity index (χ2n) is 12.5. The molecule has 46 heavy (non-hydrogen) atoms. The molecule has 0 bridgehead atoms. The van der Waals surface area contributed by atoms with Crippen LogP contribution in [0.2, 0.25) is 0 Å². The molecule has 1 atom stereocenters. The lowest BCUT2D eigenvalue weighted by atomic mass is 10.0. The maximum absolute atomic E-state index is 6.53. The van der Waals surface area contributed by atoms with Crippen LogP contribution in [0, 0.1) is 5.92 Å². The van der Waals surface area contributed by atoms with Crippen molar-refractivity contribution in [3.63, 3.8) is 0 Å². The van der Waals surface area contributed by atoms with Crippen LogP contribution in [0.25, 0.3) is 49.4 Å². The maximum atomic E-state index is 6.53. The summed E-state index contributed by atoms with van der Waals surface area (Å²) in [5.41, 5.74) is 5.40. The summed E-state index contributed by atoms with van der Waals surface area (Å²) in [7, 11) is -2.64. The van der Waals surface area contributed by atoms with Gasteiger partial charge in [-0.05, 0) is 64.3 Å². The highest BCUT2D eigenvalue weighted by atomic mass is 28.3. The average molecular weight is 608 g/mol. The fourth-order valence-electron chi connectivity index (χ4n) is 7.95. The van der Waals surface area contributed by atoms with Gasteiger partial charge in [0.2, 0.25) is 0 Å². The van der Waals surface area contributed by atoms with Gasteiger partial charge >= 0.3 is 0 Å². The summed E-state index contributed by atoms with van der Waals surface area (Å²) in [6.45, 7) is 2.40. The number of allylic oxidation sites excluding steroid dienone is 4. The van der Waals surface area contributed by atoms with Crippen LogP contribution >= 0.6 is 0 Å². The number of hydrogen-bond donors (Lipinski definition) is 0. The van der Waals surface area contributed by atoms with Crippen LogP contribution in [0.4, 0.5) is 0 Å². The van der Waals surface area contributed by atoms with E-state index in [-0.39, 0.29) is 0 Å². The molecule has 220 valence electrons. The van der Waals surface area contributed by atoms with Gasteiger partial charge in [-0.1, -0.05) is 140 Å². The van der Waals surface area contributed by atoms with Crippen molar-refractivity contribution in [1.82, 2.24) is 4.57 Å². The van der Waals surface area contributed by atoms with Crippen LogP contribution in [0.5, 0.6) is 0 Å². The molecular weight excluding hydrogens is 575 g/mol. The summed E-state index contributed by atoms with van der Waals surface area (Å²) < 4.78 is 8.92. The molecule has 0 N–H and O–H groups in total. The summed E-state index contributed by atoms with van der Waals surface area (Å²) in [4.78, 5) is 0. The minimum atomic E-state index is -2.64. The van der Waals surface area contributed by atoms with Crippen molar-refractivity contribution in [3.05, 3.63) is 169 Å². The molecule has 3 heteroatoms. The third-order valence-corrected chi connectivity index (χ3v) is 15.1. The van der Waals surface area contributed by atoms with E-state index in [4.69, 9.17) is 4.42 Å². The van der Waals surface area contributed by atoms with E-state index in [0.29, 0.717) is 5.92 Å². The molecule has 2 nitrogen and oxygen atoms in total. The predicted octanol–water partition coefficient (Wildman–Crippen LogP) is 9.21. The second kappa shape index (κ2) is 10.6. The average Bonchev–Trinajstić information content (AvgIpc) is 3.65. The molecule has 1 aliphatic carbocycles. The SMILES string of the molecule is CC1CC=CC=C1[Si](c1ccccc1)(c1ccccc1)c1ccc2oc3ccc(-n4c5ccccc5c5ccccc54)cc3c2c1. The van der Waals surface area contributed by atoms with Gasteiger partial charge in [0.25, 0.3) is 0 Å². The molecule has 0 amide bonds. The van der Waals surface area contributed by atoms with Crippen molar-refractivity contribution in [2.45, 2.75) is 13.3 Å². The van der Waals surface area contributed by atoms with Crippen molar-refractivity contribution in [2.75, 3.05) is 0 Å². The van der Waals surface area contributed by atoms with Crippen LogP contribution in [-0.4, -0.2) is 12.6 Å². The van der Waals surface area contributed by atoms with Gasteiger partial charge in [-0.25, -0.2) is 0 Å². The Kier molecular flexibility index (Phi) is 6.22. The summed E-state index contributed by atoms with van der Waals surface area (Å²) >= 11 is 0. The smallest absolute Gasteiger partial charge is 0.175 e. The lowest BCUT2D eigenvalue weighted by Gasteiger charge is -2.39. The fourth-order valence-corrected chi connectivity index (χ4v) is 13.2. The number of nitrogens with zero attached hydrogens (tertiary/aromatic N) is 1. The molecule has 0 saturated carbocycles. The highest BCUT2D eigenvalue weighted by Gasteiger charge is 2.45. The fraction of sp³-hybridized carbons (Fsp3) is 0.0698. The minimum Gasteiger partial charge on any atom is -0.456 e. The van der Waals surface area contributed by atoms with Crippen LogP contribution in [0.1, 0.15) is 13.3 Å². The highest BCUT2D eigenvalue weighted by Crippen LogP contribution is 2.36. The van der Waals surface area contributed by atoms with Gasteiger partial charge < -0.3 is 8.98 Å². The van der Waals surface area contributed by atoms with Crippen LogP contribution in [0.3, 0.4) is 0 Å². The Labute approximate surface area is 269 Å². The first-order valence-electron chi connectivity index (χ1n) is 16.2. The number of fused-ring (bicyclic) bond motifs is 6. The molecule has 2 heterocycles. The molecule has 0 spiro atoms. The number of furan rings is 1. The van der Waals surface area contributed by atoms with E-state index in [0.717, 1.165) is 28.7 Å². The third kappa shape index (κ3) is 3.95. The number of para-hydroxylation sites is 2. The summed E-state index contributed by atoms with van der Waals surface area (Å²) in [6, 6.07) is 53.5. The number of hydrogen-bond acceptors (Lipinski definition) is 1. The molecule has 9 rings (SSSR count). The van der Waals surface area contributed by atoms with E-state index >= 15 is 0 Å². The molecule has 6 aromatic carbocycles.